The maximum atomic E-state index is 12.6. The highest BCUT2D eigenvalue weighted by Crippen LogP contribution is 2.26. The van der Waals surface area contributed by atoms with Crippen molar-refractivity contribution in [3.8, 4) is 17.0 Å². The minimum Gasteiger partial charge on any atom is -0.495 e. The van der Waals surface area contributed by atoms with E-state index in [9.17, 15) is 8.42 Å². The molecule has 0 amide bonds. The summed E-state index contributed by atoms with van der Waals surface area (Å²) < 4.78 is 33.0. The van der Waals surface area contributed by atoms with Crippen LogP contribution in [0.5, 0.6) is 5.75 Å². The van der Waals surface area contributed by atoms with Crippen LogP contribution in [0.4, 0.5) is 5.69 Å². The van der Waals surface area contributed by atoms with Gasteiger partial charge in [0.1, 0.15) is 5.75 Å². The first-order valence-corrected chi connectivity index (χ1v) is 9.45. The van der Waals surface area contributed by atoms with Crippen LogP contribution in [0, 0.1) is 13.8 Å². The van der Waals surface area contributed by atoms with Crippen molar-refractivity contribution in [3.63, 3.8) is 0 Å². The minimum atomic E-state index is -3.77. The lowest BCUT2D eigenvalue weighted by Gasteiger charge is -2.12. The van der Waals surface area contributed by atoms with Crippen LogP contribution >= 0.6 is 0 Å². The van der Waals surface area contributed by atoms with E-state index < -0.39 is 10.0 Å². The van der Waals surface area contributed by atoms with Crippen molar-refractivity contribution in [2.75, 3.05) is 11.8 Å². The summed E-state index contributed by atoms with van der Waals surface area (Å²) in [6.45, 7) is 3.59. The zero-order valence-corrected chi connectivity index (χ0v) is 15.5. The van der Waals surface area contributed by atoms with E-state index in [4.69, 9.17) is 4.74 Å². The van der Waals surface area contributed by atoms with E-state index in [-0.39, 0.29) is 5.03 Å². The van der Waals surface area contributed by atoms with E-state index in [2.05, 4.69) is 14.7 Å². The average molecular weight is 369 g/mol. The number of hydrogen-bond acceptors (Lipinski definition) is 5. The fourth-order valence-corrected chi connectivity index (χ4v) is 3.56. The predicted octanol–water partition coefficient (Wildman–Crippen LogP) is 3.57. The molecule has 1 N–H and O–H groups in total. The van der Waals surface area contributed by atoms with Crippen molar-refractivity contribution in [1.82, 2.24) is 9.97 Å². The van der Waals surface area contributed by atoms with Gasteiger partial charge in [-0.1, -0.05) is 18.2 Å². The Kier molecular flexibility index (Phi) is 4.90. The van der Waals surface area contributed by atoms with Gasteiger partial charge in [-0.2, -0.15) is 8.42 Å². The lowest BCUT2D eigenvalue weighted by molar-refractivity contribution is 0.413. The molecule has 26 heavy (non-hydrogen) atoms. The second-order valence-electron chi connectivity index (χ2n) is 5.84. The molecular weight excluding hydrogens is 350 g/mol. The molecule has 0 atom stereocenters. The van der Waals surface area contributed by atoms with E-state index in [0.29, 0.717) is 17.1 Å². The largest absolute Gasteiger partial charge is 0.495 e. The van der Waals surface area contributed by atoms with Crippen LogP contribution in [0.1, 0.15) is 11.3 Å². The standard InChI is InChI=1S/C19H19N3O3S/c1-13-7-8-15(17-10-9-16(25-3)12-20-17)11-18(13)22-26(23,24)19-6-4-5-14(2)21-19/h4-12,22H,1-3H3. The van der Waals surface area contributed by atoms with Crippen LogP contribution in [-0.4, -0.2) is 25.5 Å². The molecule has 0 radical (unpaired) electrons. The van der Waals surface area contributed by atoms with Gasteiger partial charge in [0.05, 0.1) is 24.7 Å². The SMILES string of the molecule is COc1ccc(-c2ccc(C)c(NS(=O)(=O)c3cccc(C)n3)c2)nc1. The fraction of sp³-hybridized carbons (Fsp3) is 0.158. The Labute approximate surface area is 153 Å². The molecule has 0 fully saturated rings. The molecular formula is C19H19N3O3S. The Morgan fingerprint density at radius 2 is 1.85 bits per heavy atom. The molecule has 0 bridgehead atoms. The molecule has 0 saturated carbocycles. The number of hydrogen-bond donors (Lipinski definition) is 1. The average Bonchev–Trinajstić information content (AvgIpc) is 2.63. The zero-order chi connectivity index (χ0) is 18.7. The Morgan fingerprint density at radius 3 is 2.50 bits per heavy atom. The molecule has 2 heterocycles. The summed E-state index contributed by atoms with van der Waals surface area (Å²) in [5.74, 6) is 0.660. The summed E-state index contributed by atoms with van der Waals surface area (Å²) in [6, 6.07) is 14.0. The normalized spacial score (nSPS) is 11.2. The highest BCUT2D eigenvalue weighted by atomic mass is 32.2. The molecule has 0 spiro atoms. The van der Waals surface area contributed by atoms with Crippen molar-refractivity contribution >= 4 is 15.7 Å². The van der Waals surface area contributed by atoms with Gasteiger partial charge in [0, 0.05) is 11.3 Å². The molecule has 0 aliphatic rings. The lowest BCUT2D eigenvalue weighted by atomic mass is 10.1. The number of methoxy groups -OCH3 is 1. The third-order valence-corrected chi connectivity index (χ3v) is 5.15. The summed E-state index contributed by atoms with van der Waals surface area (Å²) in [5.41, 5.74) is 3.45. The van der Waals surface area contributed by atoms with E-state index in [0.717, 1.165) is 16.8 Å². The Hall–Kier alpha value is -2.93. The first-order chi connectivity index (χ1) is 12.4. The number of nitrogens with zero attached hydrogens (tertiary/aromatic N) is 2. The van der Waals surface area contributed by atoms with Crippen LogP contribution in [0.25, 0.3) is 11.3 Å². The highest BCUT2D eigenvalue weighted by molar-refractivity contribution is 7.92. The maximum absolute atomic E-state index is 12.6. The van der Waals surface area contributed by atoms with Crippen LogP contribution in [0.2, 0.25) is 0 Å². The van der Waals surface area contributed by atoms with Gasteiger partial charge in [0.25, 0.3) is 10.0 Å². The molecule has 3 aromatic rings. The van der Waals surface area contributed by atoms with E-state index in [1.165, 1.54) is 6.07 Å². The van der Waals surface area contributed by atoms with Crippen molar-refractivity contribution in [2.45, 2.75) is 18.9 Å². The first kappa shape index (κ1) is 17.9. The number of pyridine rings is 2. The van der Waals surface area contributed by atoms with Crippen molar-refractivity contribution < 1.29 is 13.2 Å². The number of benzene rings is 1. The van der Waals surface area contributed by atoms with Crippen molar-refractivity contribution in [3.05, 3.63) is 66.0 Å². The van der Waals surface area contributed by atoms with Crippen LogP contribution in [0.15, 0.2) is 59.8 Å². The van der Waals surface area contributed by atoms with E-state index in [1.54, 1.807) is 38.4 Å². The molecule has 134 valence electrons. The van der Waals surface area contributed by atoms with Gasteiger partial charge in [-0.15, -0.1) is 0 Å². The first-order valence-electron chi connectivity index (χ1n) is 7.96. The van der Waals surface area contributed by atoms with Crippen molar-refractivity contribution in [1.29, 1.82) is 0 Å². The van der Waals surface area contributed by atoms with Gasteiger partial charge in [-0.3, -0.25) is 9.71 Å². The summed E-state index contributed by atoms with van der Waals surface area (Å²) >= 11 is 0. The van der Waals surface area contributed by atoms with E-state index in [1.807, 2.05) is 31.2 Å². The molecule has 0 unspecified atom stereocenters. The lowest BCUT2D eigenvalue weighted by Crippen LogP contribution is -2.15. The predicted molar refractivity (Wildman–Crippen MR) is 101 cm³/mol. The van der Waals surface area contributed by atoms with E-state index >= 15 is 0 Å². The Bertz CT molecular complexity index is 1030. The molecule has 0 saturated heterocycles. The number of aromatic nitrogens is 2. The summed E-state index contributed by atoms with van der Waals surface area (Å²) in [7, 11) is -2.19. The van der Waals surface area contributed by atoms with Gasteiger partial charge in [-0.05, 0) is 49.7 Å². The third-order valence-electron chi connectivity index (χ3n) is 3.89. The number of ether oxygens (including phenoxy) is 1. The summed E-state index contributed by atoms with van der Waals surface area (Å²) in [4.78, 5) is 8.44. The van der Waals surface area contributed by atoms with Crippen LogP contribution in [0.3, 0.4) is 0 Å². The van der Waals surface area contributed by atoms with Gasteiger partial charge >= 0.3 is 0 Å². The topological polar surface area (TPSA) is 81.2 Å². The maximum Gasteiger partial charge on any atom is 0.279 e. The van der Waals surface area contributed by atoms with Crippen LogP contribution < -0.4 is 9.46 Å². The number of nitrogens with one attached hydrogen (secondary N) is 1. The molecule has 0 aliphatic heterocycles. The van der Waals surface area contributed by atoms with Gasteiger partial charge in [0.2, 0.25) is 0 Å². The Morgan fingerprint density at radius 1 is 1.04 bits per heavy atom. The summed E-state index contributed by atoms with van der Waals surface area (Å²) in [6.07, 6.45) is 1.62. The minimum absolute atomic E-state index is 0.00937. The number of sulfonamides is 1. The smallest absolute Gasteiger partial charge is 0.279 e. The second-order valence-corrected chi connectivity index (χ2v) is 7.46. The number of anilines is 1. The zero-order valence-electron chi connectivity index (χ0n) is 14.7. The van der Waals surface area contributed by atoms with Gasteiger partial charge < -0.3 is 4.74 Å². The fourth-order valence-electron chi connectivity index (χ4n) is 2.43. The quantitative estimate of drug-likeness (QED) is 0.743. The van der Waals surface area contributed by atoms with Crippen molar-refractivity contribution in [2.24, 2.45) is 0 Å². The molecule has 7 heteroatoms. The highest BCUT2D eigenvalue weighted by Gasteiger charge is 2.17. The summed E-state index contributed by atoms with van der Waals surface area (Å²) in [5, 5.41) is -0.00937. The molecule has 0 aliphatic carbocycles. The Balaban J connectivity index is 1.95. The molecule has 1 aromatic carbocycles. The van der Waals surface area contributed by atoms with Gasteiger partial charge in [-0.25, -0.2) is 4.98 Å². The molecule has 3 rings (SSSR count). The monoisotopic (exact) mass is 369 g/mol. The number of rotatable bonds is 5. The van der Waals surface area contributed by atoms with Gasteiger partial charge in [0.15, 0.2) is 5.03 Å². The molecule has 2 aromatic heterocycles. The second kappa shape index (κ2) is 7.13. The third kappa shape index (κ3) is 3.83. The molecule has 6 nitrogen and oxygen atoms in total. The number of aryl methyl sites for hydroxylation is 2. The van der Waals surface area contributed by atoms with Crippen LogP contribution in [-0.2, 0) is 10.0 Å².